The number of nitrogens with zero attached hydrogens (tertiary/aromatic N) is 3. The third kappa shape index (κ3) is 3.44. The summed E-state index contributed by atoms with van der Waals surface area (Å²) in [6, 6.07) is 0.211. The first-order valence-electron chi connectivity index (χ1n) is 5.91. The Morgan fingerprint density at radius 2 is 2.12 bits per heavy atom. The molecule has 0 aliphatic carbocycles. The summed E-state index contributed by atoms with van der Waals surface area (Å²) < 4.78 is 7.07. The smallest absolute Gasteiger partial charge is 0.162 e. The highest BCUT2D eigenvalue weighted by Gasteiger charge is 2.21. The van der Waals surface area contributed by atoms with Crippen LogP contribution >= 0.6 is 0 Å². The maximum absolute atomic E-state index is 10.2. The number of rotatable bonds is 6. The summed E-state index contributed by atoms with van der Waals surface area (Å²) in [6.45, 7) is 4.90. The number of ether oxygens (including phenoxy) is 1. The van der Waals surface area contributed by atoms with E-state index in [0.29, 0.717) is 12.2 Å². The Balaban J connectivity index is 2.89. The van der Waals surface area contributed by atoms with Crippen LogP contribution in [-0.4, -0.2) is 47.5 Å². The largest absolute Gasteiger partial charge is 0.493 e. The summed E-state index contributed by atoms with van der Waals surface area (Å²) in [5.74, 6) is 0.657. The van der Waals surface area contributed by atoms with Crippen LogP contribution in [0.1, 0.15) is 38.1 Å². The van der Waals surface area contributed by atoms with Gasteiger partial charge in [-0.05, 0) is 34.4 Å². The normalized spacial score (nSPS) is 13.4. The topological polar surface area (TPSA) is 50.5 Å². The molecule has 1 aromatic rings. The Bertz CT molecular complexity index is 348. The van der Waals surface area contributed by atoms with Crippen LogP contribution in [0.5, 0.6) is 5.75 Å². The molecule has 1 aromatic heterocycles. The summed E-state index contributed by atoms with van der Waals surface area (Å²) in [7, 11) is 5.58. The Kier molecular flexibility index (Phi) is 4.96. The van der Waals surface area contributed by atoms with Crippen molar-refractivity contribution < 1.29 is 9.84 Å². The van der Waals surface area contributed by atoms with Crippen molar-refractivity contribution in [1.82, 2.24) is 14.7 Å². The number of aliphatic hydroxyl groups is 1. The van der Waals surface area contributed by atoms with Crippen LogP contribution in [0.4, 0.5) is 0 Å². The predicted octanol–water partition coefficient (Wildman–Crippen LogP) is 1.46. The molecule has 1 unspecified atom stereocenters. The molecule has 0 bridgehead atoms. The van der Waals surface area contributed by atoms with Gasteiger partial charge in [-0.15, -0.1) is 0 Å². The SMILES string of the molecule is COc1cnn(C(C)C)c1C(O)CCN(C)C. The van der Waals surface area contributed by atoms with E-state index in [2.05, 4.69) is 5.10 Å². The van der Waals surface area contributed by atoms with Gasteiger partial charge in [-0.1, -0.05) is 0 Å². The van der Waals surface area contributed by atoms with E-state index in [1.54, 1.807) is 13.3 Å². The quantitative estimate of drug-likeness (QED) is 0.819. The first-order chi connectivity index (χ1) is 7.97. The lowest BCUT2D eigenvalue weighted by Crippen LogP contribution is -2.18. The number of hydrogen-bond donors (Lipinski definition) is 1. The molecule has 98 valence electrons. The zero-order chi connectivity index (χ0) is 13.0. The molecule has 0 aliphatic rings. The Labute approximate surface area is 103 Å². The van der Waals surface area contributed by atoms with Gasteiger partial charge in [0.25, 0.3) is 0 Å². The molecule has 5 nitrogen and oxygen atoms in total. The monoisotopic (exact) mass is 241 g/mol. The molecule has 1 atom stereocenters. The van der Waals surface area contributed by atoms with Crippen LogP contribution in [0.15, 0.2) is 6.20 Å². The van der Waals surface area contributed by atoms with E-state index in [9.17, 15) is 5.11 Å². The van der Waals surface area contributed by atoms with Gasteiger partial charge in [0.1, 0.15) is 11.8 Å². The highest BCUT2D eigenvalue weighted by atomic mass is 16.5. The van der Waals surface area contributed by atoms with Gasteiger partial charge < -0.3 is 14.7 Å². The summed E-state index contributed by atoms with van der Waals surface area (Å²) >= 11 is 0. The third-order valence-electron chi connectivity index (χ3n) is 2.67. The van der Waals surface area contributed by atoms with Crippen molar-refractivity contribution in [3.63, 3.8) is 0 Å². The van der Waals surface area contributed by atoms with Crippen molar-refractivity contribution in [3.8, 4) is 5.75 Å². The third-order valence-corrected chi connectivity index (χ3v) is 2.67. The summed E-state index contributed by atoms with van der Waals surface area (Å²) in [5, 5.41) is 14.5. The van der Waals surface area contributed by atoms with Gasteiger partial charge in [0.05, 0.1) is 13.3 Å². The molecule has 1 heterocycles. The van der Waals surface area contributed by atoms with Gasteiger partial charge in [0.2, 0.25) is 0 Å². The summed E-state index contributed by atoms with van der Waals surface area (Å²) in [4.78, 5) is 2.05. The lowest BCUT2D eigenvalue weighted by Gasteiger charge is -2.18. The minimum absolute atomic E-state index is 0.211. The van der Waals surface area contributed by atoms with Crippen molar-refractivity contribution in [3.05, 3.63) is 11.9 Å². The standard InChI is InChI=1S/C12H23N3O2/c1-9(2)15-12(11(17-5)8-13-15)10(16)6-7-14(3)4/h8-10,16H,6-7H2,1-5H3. The van der Waals surface area contributed by atoms with Crippen molar-refractivity contribution in [2.75, 3.05) is 27.7 Å². The van der Waals surface area contributed by atoms with Crippen LogP contribution in [0.3, 0.4) is 0 Å². The van der Waals surface area contributed by atoms with Crippen molar-refractivity contribution >= 4 is 0 Å². The molecule has 1 N–H and O–H groups in total. The molecule has 0 fully saturated rings. The van der Waals surface area contributed by atoms with E-state index >= 15 is 0 Å². The van der Waals surface area contributed by atoms with Gasteiger partial charge in [-0.3, -0.25) is 4.68 Å². The molecule has 0 spiro atoms. The summed E-state index contributed by atoms with van der Waals surface area (Å²) in [5.41, 5.74) is 0.768. The average molecular weight is 241 g/mol. The fourth-order valence-corrected chi connectivity index (χ4v) is 1.76. The molecular weight excluding hydrogens is 218 g/mol. The van der Waals surface area contributed by atoms with Crippen LogP contribution in [-0.2, 0) is 0 Å². The van der Waals surface area contributed by atoms with Gasteiger partial charge >= 0.3 is 0 Å². The second kappa shape index (κ2) is 6.02. The molecule has 0 radical (unpaired) electrons. The minimum atomic E-state index is -0.544. The van der Waals surface area contributed by atoms with E-state index in [4.69, 9.17) is 4.74 Å². The van der Waals surface area contributed by atoms with Crippen LogP contribution in [0.2, 0.25) is 0 Å². The first kappa shape index (κ1) is 14.0. The van der Waals surface area contributed by atoms with E-state index in [1.165, 1.54) is 0 Å². The Hall–Kier alpha value is -1.07. The molecule has 1 rings (SSSR count). The highest BCUT2D eigenvalue weighted by molar-refractivity contribution is 5.27. The highest BCUT2D eigenvalue weighted by Crippen LogP contribution is 2.29. The molecule has 0 amide bonds. The fourth-order valence-electron chi connectivity index (χ4n) is 1.76. The van der Waals surface area contributed by atoms with Gasteiger partial charge in [0, 0.05) is 12.6 Å². The lowest BCUT2D eigenvalue weighted by molar-refractivity contribution is 0.139. The maximum Gasteiger partial charge on any atom is 0.162 e. The fraction of sp³-hybridized carbons (Fsp3) is 0.750. The minimum Gasteiger partial charge on any atom is -0.493 e. The van der Waals surface area contributed by atoms with E-state index in [-0.39, 0.29) is 6.04 Å². The number of aliphatic hydroxyl groups excluding tert-OH is 1. The van der Waals surface area contributed by atoms with Crippen LogP contribution < -0.4 is 4.74 Å². The first-order valence-corrected chi connectivity index (χ1v) is 5.91. The zero-order valence-corrected chi connectivity index (χ0v) is 11.3. The molecular formula is C12H23N3O2. The molecule has 0 aromatic carbocycles. The average Bonchev–Trinajstić information content (AvgIpc) is 2.69. The number of methoxy groups -OCH3 is 1. The van der Waals surface area contributed by atoms with Crippen molar-refractivity contribution in [1.29, 1.82) is 0 Å². The number of hydrogen-bond acceptors (Lipinski definition) is 4. The molecule has 17 heavy (non-hydrogen) atoms. The molecule has 5 heteroatoms. The molecule has 0 aliphatic heterocycles. The van der Waals surface area contributed by atoms with Gasteiger partial charge in [0.15, 0.2) is 5.75 Å². The second-order valence-corrected chi connectivity index (χ2v) is 4.74. The van der Waals surface area contributed by atoms with E-state index < -0.39 is 6.10 Å². The van der Waals surface area contributed by atoms with E-state index in [0.717, 1.165) is 12.2 Å². The Morgan fingerprint density at radius 1 is 1.47 bits per heavy atom. The molecule has 0 saturated carbocycles. The zero-order valence-electron chi connectivity index (χ0n) is 11.3. The number of aromatic nitrogens is 2. The molecule has 0 saturated heterocycles. The predicted molar refractivity (Wildman–Crippen MR) is 67.3 cm³/mol. The summed E-state index contributed by atoms with van der Waals surface area (Å²) in [6.07, 6.45) is 1.79. The van der Waals surface area contributed by atoms with Gasteiger partial charge in [-0.25, -0.2) is 0 Å². The van der Waals surface area contributed by atoms with E-state index in [1.807, 2.05) is 37.5 Å². The maximum atomic E-state index is 10.2. The second-order valence-electron chi connectivity index (χ2n) is 4.74. The Morgan fingerprint density at radius 3 is 2.59 bits per heavy atom. The van der Waals surface area contributed by atoms with Gasteiger partial charge in [-0.2, -0.15) is 5.10 Å². The van der Waals surface area contributed by atoms with Crippen molar-refractivity contribution in [2.24, 2.45) is 0 Å². The van der Waals surface area contributed by atoms with Crippen LogP contribution in [0, 0.1) is 0 Å². The lowest BCUT2D eigenvalue weighted by atomic mass is 10.1. The van der Waals surface area contributed by atoms with Crippen molar-refractivity contribution in [2.45, 2.75) is 32.4 Å². The van der Waals surface area contributed by atoms with Crippen LogP contribution in [0.25, 0.3) is 0 Å².